The number of esters is 1. The summed E-state index contributed by atoms with van der Waals surface area (Å²) in [6.45, 7) is 3.04. The number of nitrogens with one attached hydrogen (secondary N) is 1. The number of rotatable bonds is 6. The van der Waals surface area contributed by atoms with Gasteiger partial charge < -0.3 is 14.8 Å². The van der Waals surface area contributed by atoms with Crippen LogP contribution in [0.4, 0.5) is 0 Å². The molecule has 0 fully saturated rings. The second-order valence-corrected chi connectivity index (χ2v) is 4.38. The zero-order chi connectivity index (χ0) is 14.4. The van der Waals surface area contributed by atoms with E-state index >= 15 is 0 Å². The summed E-state index contributed by atoms with van der Waals surface area (Å²) in [6.07, 6.45) is 0. The van der Waals surface area contributed by atoms with Gasteiger partial charge in [0.05, 0.1) is 20.3 Å². The molecule has 0 spiro atoms. The molecule has 1 N–H and O–H groups in total. The van der Waals surface area contributed by atoms with Crippen LogP contribution in [0.15, 0.2) is 36.4 Å². The molecule has 2 aromatic rings. The van der Waals surface area contributed by atoms with Gasteiger partial charge in [-0.2, -0.15) is 0 Å². The van der Waals surface area contributed by atoms with Crippen molar-refractivity contribution in [3.8, 4) is 5.75 Å². The number of fused-ring (bicyclic) bond motifs is 1. The second-order valence-electron chi connectivity index (χ2n) is 4.38. The first kappa shape index (κ1) is 14.3. The van der Waals surface area contributed by atoms with Crippen molar-refractivity contribution in [3.63, 3.8) is 0 Å². The molecule has 0 saturated carbocycles. The summed E-state index contributed by atoms with van der Waals surface area (Å²) in [5.74, 6) is 0.625. The quantitative estimate of drug-likeness (QED) is 0.821. The van der Waals surface area contributed by atoms with Gasteiger partial charge in [-0.3, -0.25) is 4.79 Å². The van der Waals surface area contributed by atoms with Crippen molar-refractivity contribution in [2.45, 2.75) is 13.5 Å². The number of hydrogen-bond donors (Lipinski definition) is 1. The molecule has 0 radical (unpaired) electrons. The Kier molecular flexibility index (Phi) is 4.96. The molecule has 0 aliphatic heterocycles. The lowest BCUT2D eigenvalue weighted by Crippen LogP contribution is -2.24. The monoisotopic (exact) mass is 273 g/mol. The number of ether oxygens (including phenoxy) is 2. The fourth-order valence-corrected chi connectivity index (χ4v) is 2.18. The maximum absolute atomic E-state index is 11.3. The summed E-state index contributed by atoms with van der Waals surface area (Å²) < 4.78 is 10.2. The van der Waals surface area contributed by atoms with Crippen LogP contribution in [0.1, 0.15) is 12.5 Å². The third kappa shape index (κ3) is 3.27. The van der Waals surface area contributed by atoms with Crippen molar-refractivity contribution < 1.29 is 14.3 Å². The Morgan fingerprint density at radius 3 is 2.60 bits per heavy atom. The highest BCUT2D eigenvalue weighted by Gasteiger charge is 2.06. The molecule has 0 bridgehead atoms. The summed E-state index contributed by atoms with van der Waals surface area (Å²) in [5.41, 5.74) is 1.13. The summed E-state index contributed by atoms with van der Waals surface area (Å²) in [6, 6.07) is 12.0. The molecule has 4 nitrogen and oxygen atoms in total. The van der Waals surface area contributed by atoms with Gasteiger partial charge in [0.1, 0.15) is 5.75 Å². The van der Waals surface area contributed by atoms with Crippen LogP contribution in [0, 0.1) is 0 Å². The van der Waals surface area contributed by atoms with E-state index in [0.717, 1.165) is 22.1 Å². The highest BCUT2D eigenvalue weighted by atomic mass is 16.5. The molecule has 0 unspecified atom stereocenters. The van der Waals surface area contributed by atoms with Crippen LogP contribution in [-0.2, 0) is 16.1 Å². The number of carbonyl (C=O) groups excluding carboxylic acids is 1. The van der Waals surface area contributed by atoms with E-state index < -0.39 is 0 Å². The van der Waals surface area contributed by atoms with Gasteiger partial charge in [0.2, 0.25) is 0 Å². The van der Waals surface area contributed by atoms with Crippen LogP contribution >= 0.6 is 0 Å². The number of benzene rings is 2. The first-order valence-electron chi connectivity index (χ1n) is 6.67. The molecule has 0 heterocycles. The fourth-order valence-electron chi connectivity index (χ4n) is 2.18. The van der Waals surface area contributed by atoms with Gasteiger partial charge >= 0.3 is 5.97 Å². The summed E-state index contributed by atoms with van der Waals surface area (Å²) in [7, 11) is 1.67. The molecule has 106 valence electrons. The lowest BCUT2D eigenvalue weighted by atomic mass is 10.0. The van der Waals surface area contributed by atoms with Crippen LogP contribution in [0.25, 0.3) is 10.8 Å². The van der Waals surface area contributed by atoms with Gasteiger partial charge in [-0.05, 0) is 23.9 Å². The van der Waals surface area contributed by atoms with E-state index in [0.29, 0.717) is 13.2 Å². The molecule has 0 aromatic heterocycles. The summed E-state index contributed by atoms with van der Waals surface area (Å²) in [4.78, 5) is 11.3. The maximum Gasteiger partial charge on any atom is 0.319 e. The van der Waals surface area contributed by atoms with E-state index in [1.54, 1.807) is 14.0 Å². The van der Waals surface area contributed by atoms with E-state index in [4.69, 9.17) is 9.47 Å². The largest absolute Gasteiger partial charge is 0.496 e. The van der Waals surface area contributed by atoms with Crippen LogP contribution in [-0.4, -0.2) is 26.2 Å². The van der Waals surface area contributed by atoms with Crippen molar-refractivity contribution >= 4 is 16.7 Å². The van der Waals surface area contributed by atoms with Crippen molar-refractivity contribution in [1.29, 1.82) is 0 Å². The molecule has 2 aromatic carbocycles. The molecule has 2 rings (SSSR count). The first-order valence-corrected chi connectivity index (χ1v) is 6.67. The van der Waals surface area contributed by atoms with Gasteiger partial charge in [0, 0.05) is 11.9 Å². The minimum absolute atomic E-state index is 0.216. The van der Waals surface area contributed by atoms with Gasteiger partial charge in [-0.25, -0.2) is 0 Å². The van der Waals surface area contributed by atoms with Crippen LogP contribution in [0.5, 0.6) is 5.75 Å². The number of carbonyl (C=O) groups is 1. The average molecular weight is 273 g/mol. The lowest BCUT2D eigenvalue weighted by molar-refractivity contribution is -0.142. The van der Waals surface area contributed by atoms with E-state index in [-0.39, 0.29) is 12.5 Å². The minimum Gasteiger partial charge on any atom is -0.496 e. The maximum atomic E-state index is 11.3. The zero-order valence-corrected chi connectivity index (χ0v) is 11.8. The van der Waals surface area contributed by atoms with Crippen molar-refractivity contribution in [2.75, 3.05) is 20.3 Å². The van der Waals surface area contributed by atoms with Crippen molar-refractivity contribution in [3.05, 3.63) is 42.0 Å². The average Bonchev–Trinajstić information content (AvgIpc) is 2.47. The van der Waals surface area contributed by atoms with E-state index in [1.165, 1.54) is 0 Å². The fraction of sp³-hybridized carbons (Fsp3) is 0.312. The normalized spacial score (nSPS) is 10.5. The van der Waals surface area contributed by atoms with E-state index in [1.807, 2.05) is 30.3 Å². The Morgan fingerprint density at radius 2 is 1.90 bits per heavy atom. The molecular formula is C16H19NO3. The molecule has 0 atom stereocenters. The zero-order valence-electron chi connectivity index (χ0n) is 11.8. The first-order chi connectivity index (χ1) is 9.76. The summed E-state index contributed by atoms with van der Waals surface area (Å²) in [5, 5.41) is 5.30. The highest BCUT2D eigenvalue weighted by molar-refractivity contribution is 5.91. The SMILES string of the molecule is CCOC(=O)CNCc1ccc(OC)c2ccccc12. The molecular weight excluding hydrogens is 254 g/mol. The Morgan fingerprint density at radius 1 is 1.15 bits per heavy atom. The minimum atomic E-state index is -0.231. The smallest absolute Gasteiger partial charge is 0.319 e. The van der Waals surface area contributed by atoms with Gasteiger partial charge in [0.25, 0.3) is 0 Å². The Labute approximate surface area is 118 Å². The summed E-state index contributed by atoms with van der Waals surface area (Å²) >= 11 is 0. The third-order valence-corrected chi connectivity index (χ3v) is 3.08. The number of methoxy groups -OCH3 is 1. The molecule has 20 heavy (non-hydrogen) atoms. The molecule has 0 aliphatic rings. The second kappa shape index (κ2) is 6.91. The molecule has 0 saturated heterocycles. The van der Waals surface area contributed by atoms with Gasteiger partial charge in [-0.15, -0.1) is 0 Å². The predicted octanol–water partition coefficient (Wildman–Crippen LogP) is 2.50. The Bertz CT molecular complexity index is 595. The Hall–Kier alpha value is -2.07. The van der Waals surface area contributed by atoms with E-state index in [2.05, 4.69) is 11.4 Å². The standard InChI is InChI=1S/C16H19NO3/c1-3-20-16(18)11-17-10-12-8-9-15(19-2)14-7-5-4-6-13(12)14/h4-9,17H,3,10-11H2,1-2H3. The molecule has 0 amide bonds. The Balaban J connectivity index is 2.13. The predicted molar refractivity (Wildman–Crippen MR) is 78.8 cm³/mol. The van der Waals surface area contributed by atoms with Crippen molar-refractivity contribution in [1.82, 2.24) is 5.32 Å². The van der Waals surface area contributed by atoms with Crippen LogP contribution < -0.4 is 10.1 Å². The van der Waals surface area contributed by atoms with Gasteiger partial charge in [-0.1, -0.05) is 30.3 Å². The third-order valence-electron chi connectivity index (χ3n) is 3.08. The van der Waals surface area contributed by atoms with Crippen molar-refractivity contribution in [2.24, 2.45) is 0 Å². The van der Waals surface area contributed by atoms with Crippen LogP contribution in [0.3, 0.4) is 0 Å². The highest BCUT2D eigenvalue weighted by Crippen LogP contribution is 2.28. The number of hydrogen-bond acceptors (Lipinski definition) is 4. The molecule has 4 heteroatoms. The molecule has 0 aliphatic carbocycles. The lowest BCUT2D eigenvalue weighted by Gasteiger charge is -2.11. The van der Waals surface area contributed by atoms with Crippen LogP contribution in [0.2, 0.25) is 0 Å². The van der Waals surface area contributed by atoms with Gasteiger partial charge in [0.15, 0.2) is 0 Å². The topological polar surface area (TPSA) is 47.6 Å². The van der Waals surface area contributed by atoms with E-state index in [9.17, 15) is 4.79 Å².